The Morgan fingerprint density at radius 3 is 2.19 bits per heavy atom. The van der Waals surface area contributed by atoms with Crippen LogP contribution in [0.1, 0.15) is 20.7 Å². The zero-order chi connectivity index (χ0) is 11.7. The first-order valence-corrected chi connectivity index (χ1v) is 5.00. The molecule has 1 aromatic carbocycles. The quantitative estimate of drug-likeness (QED) is 0.560. The summed E-state index contributed by atoms with van der Waals surface area (Å²) < 4.78 is 0. The van der Waals surface area contributed by atoms with Crippen molar-refractivity contribution in [3.63, 3.8) is 0 Å². The Morgan fingerprint density at radius 2 is 1.75 bits per heavy atom. The molecule has 0 aromatic heterocycles. The molecule has 2 amide bonds. The van der Waals surface area contributed by atoms with Gasteiger partial charge in [0.2, 0.25) is 0 Å². The number of hydrogen-bond acceptors (Lipinski definition) is 3. The van der Waals surface area contributed by atoms with Crippen LogP contribution in [0.15, 0.2) is 24.3 Å². The number of nitrogens with zero attached hydrogens (tertiary/aromatic N) is 1. The van der Waals surface area contributed by atoms with Gasteiger partial charge < -0.3 is 11.1 Å². The molecular weight excluding hydrogens is 226 g/mol. The van der Waals surface area contributed by atoms with Gasteiger partial charge in [-0.2, -0.15) is 0 Å². The number of hydrogen-bond donors (Lipinski definition) is 2. The molecular formula is C10H9N3O2S. The Kier molecular flexibility index (Phi) is 2.57. The fraction of sp³-hybridized carbons (Fsp3) is 0.100. The summed E-state index contributed by atoms with van der Waals surface area (Å²) in [5, 5.41) is 2.63. The Balaban J connectivity index is 2.25. The second-order valence-corrected chi connectivity index (χ2v) is 3.72. The first kappa shape index (κ1) is 10.6. The van der Waals surface area contributed by atoms with Crippen LogP contribution in [0.25, 0.3) is 0 Å². The Morgan fingerprint density at radius 1 is 1.25 bits per heavy atom. The monoisotopic (exact) mass is 235 g/mol. The molecule has 1 aliphatic rings. The number of imide groups is 1. The Hall–Kier alpha value is -1.95. The summed E-state index contributed by atoms with van der Waals surface area (Å²) in [6.07, 6.45) is 0. The van der Waals surface area contributed by atoms with Crippen LogP contribution in [-0.4, -0.2) is 28.5 Å². The van der Waals surface area contributed by atoms with Crippen LogP contribution < -0.4 is 11.1 Å². The van der Waals surface area contributed by atoms with Gasteiger partial charge in [0, 0.05) is 0 Å². The number of amides is 2. The van der Waals surface area contributed by atoms with Crippen LogP contribution in [0.5, 0.6) is 0 Å². The SMILES string of the molecule is NC(=S)NCN1C(=O)c2ccccc2C1=O. The fourth-order valence-corrected chi connectivity index (χ4v) is 1.60. The van der Waals surface area contributed by atoms with E-state index in [-0.39, 0.29) is 23.6 Å². The van der Waals surface area contributed by atoms with Crippen molar-refractivity contribution < 1.29 is 9.59 Å². The molecule has 1 aromatic rings. The van der Waals surface area contributed by atoms with E-state index in [0.717, 1.165) is 4.90 Å². The molecule has 82 valence electrons. The topological polar surface area (TPSA) is 75.4 Å². The molecule has 0 saturated heterocycles. The van der Waals surface area contributed by atoms with Crippen molar-refractivity contribution in [1.82, 2.24) is 10.2 Å². The highest BCUT2D eigenvalue weighted by Gasteiger charge is 2.34. The highest BCUT2D eigenvalue weighted by molar-refractivity contribution is 7.80. The molecule has 3 N–H and O–H groups in total. The summed E-state index contributed by atoms with van der Waals surface area (Å²) in [5.74, 6) is -0.659. The summed E-state index contributed by atoms with van der Waals surface area (Å²) >= 11 is 4.61. The van der Waals surface area contributed by atoms with E-state index < -0.39 is 0 Å². The summed E-state index contributed by atoms with van der Waals surface area (Å²) in [4.78, 5) is 24.7. The van der Waals surface area contributed by atoms with Crippen LogP contribution in [0.2, 0.25) is 0 Å². The van der Waals surface area contributed by atoms with E-state index in [1.807, 2.05) is 0 Å². The first-order valence-electron chi connectivity index (χ1n) is 4.60. The maximum absolute atomic E-state index is 11.8. The standard InChI is InChI=1S/C10H9N3O2S/c11-10(16)12-5-13-8(14)6-3-1-2-4-7(6)9(13)15/h1-4H,5H2,(H3,11,12,16). The lowest BCUT2D eigenvalue weighted by Gasteiger charge is -2.14. The van der Waals surface area contributed by atoms with Gasteiger partial charge in [-0.1, -0.05) is 12.1 Å². The number of nitrogens with one attached hydrogen (secondary N) is 1. The van der Waals surface area contributed by atoms with E-state index in [1.165, 1.54) is 0 Å². The van der Waals surface area contributed by atoms with Crippen LogP contribution in [-0.2, 0) is 0 Å². The van der Waals surface area contributed by atoms with E-state index in [9.17, 15) is 9.59 Å². The van der Waals surface area contributed by atoms with Crippen LogP contribution >= 0.6 is 12.2 Å². The van der Waals surface area contributed by atoms with Gasteiger partial charge >= 0.3 is 0 Å². The number of rotatable bonds is 2. The zero-order valence-corrected chi connectivity index (χ0v) is 9.08. The van der Waals surface area contributed by atoms with Crippen molar-refractivity contribution in [2.75, 3.05) is 6.67 Å². The van der Waals surface area contributed by atoms with E-state index in [2.05, 4.69) is 17.5 Å². The second-order valence-electron chi connectivity index (χ2n) is 3.28. The molecule has 5 nitrogen and oxygen atoms in total. The molecule has 0 atom stereocenters. The summed E-state index contributed by atoms with van der Waals surface area (Å²) in [6, 6.07) is 6.68. The van der Waals surface area contributed by atoms with Crippen molar-refractivity contribution in [3.05, 3.63) is 35.4 Å². The lowest BCUT2D eigenvalue weighted by atomic mass is 10.1. The zero-order valence-electron chi connectivity index (χ0n) is 8.27. The van der Waals surface area contributed by atoms with E-state index in [4.69, 9.17) is 5.73 Å². The number of benzene rings is 1. The van der Waals surface area contributed by atoms with Gasteiger partial charge in [-0.25, -0.2) is 0 Å². The van der Waals surface area contributed by atoms with Gasteiger partial charge in [-0.15, -0.1) is 0 Å². The number of thiocarbonyl (C=S) groups is 1. The third-order valence-corrected chi connectivity index (χ3v) is 2.43. The molecule has 0 fully saturated rings. The number of nitrogens with two attached hydrogens (primary N) is 1. The highest BCUT2D eigenvalue weighted by atomic mass is 32.1. The Labute approximate surface area is 97.2 Å². The predicted octanol–water partition coefficient (Wildman–Crippen LogP) is 0.0733. The van der Waals surface area contributed by atoms with Crippen molar-refractivity contribution in [2.45, 2.75) is 0 Å². The second kappa shape index (κ2) is 3.90. The molecule has 0 bridgehead atoms. The molecule has 0 unspecified atom stereocenters. The predicted molar refractivity (Wildman–Crippen MR) is 61.7 cm³/mol. The van der Waals surface area contributed by atoms with Gasteiger partial charge in [0.05, 0.1) is 11.1 Å². The fourth-order valence-electron chi connectivity index (χ4n) is 1.54. The van der Waals surface area contributed by atoms with Crippen molar-refractivity contribution in [2.24, 2.45) is 5.73 Å². The number of carbonyl (C=O) groups is 2. The molecule has 0 spiro atoms. The average molecular weight is 235 g/mol. The average Bonchev–Trinajstić information content (AvgIpc) is 2.50. The smallest absolute Gasteiger partial charge is 0.263 e. The van der Waals surface area contributed by atoms with Crippen molar-refractivity contribution in [3.8, 4) is 0 Å². The first-order chi connectivity index (χ1) is 7.61. The van der Waals surface area contributed by atoms with Crippen LogP contribution in [0, 0.1) is 0 Å². The highest BCUT2D eigenvalue weighted by Crippen LogP contribution is 2.21. The van der Waals surface area contributed by atoms with Gasteiger partial charge in [0.15, 0.2) is 5.11 Å². The molecule has 1 aliphatic heterocycles. The minimum absolute atomic E-state index is 0.00167. The Bertz CT molecular complexity index is 452. The maximum atomic E-state index is 11.8. The van der Waals surface area contributed by atoms with Crippen LogP contribution in [0.4, 0.5) is 0 Å². The summed E-state index contributed by atoms with van der Waals surface area (Å²) in [6.45, 7) is 0.00167. The molecule has 6 heteroatoms. The van der Waals surface area contributed by atoms with Gasteiger partial charge in [-0.3, -0.25) is 14.5 Å². The third-order valence-electron chi connectivity index (χ3n) is 2.29. The normalized spacial score (nSPS) is 13.9. The third kappa shape index (κ3) is 1.63. The molecule has 0 saturated carbocycles. The van der Waals surface area contributed by atoms with E-state index in [0.29, 0.717) is 11.1 Å². The molecule has 0 radical (unpaired) electrons. The van der Waals surface area contributed by atoms with Crippen LogP contribution in [0.3, 0.4) is 0 Å². The lowest BCUT2D eigenvalue weighted by molar-refractivity contribution is 0.0651. The lowest BCUT2D eigenvalue weighted by Crippen LogP contribution is -2.42. The van der Waals surface area contributed by atoms with E-state index >= 15 is 0 Å². The van der Waals surface area contributed by atoms with Gasteiger partial charge in [0.25, 0.3) is 11.8 Å². The minimum atomic E-state index is -0.329. The molecule has 2 rings (SSSR count). The largest absolute Gasteiger partial charge is 0.376 e. The van der Waals surface area contributed by atoms with E-state index in [1.54, 1.807) is 24.3 Å². The summed E-state index contributed by atoms with van der Waals surface area (Å²) in [5.41, 5.74) is 6.07. The minimum Gasteiger partial charge on any atom is -0.376 e. The van der Waals surface area contributed by atoms with Gasteiger partial charge in [0.1, 0.15) is 6.67 Å². The number of fused-ring (bicyclic) bond motifs is 1. The number of carbonyl (C=O) groups excluding carboxylic acids is 2. The molecule has 16 heavy (non-hydrogen) atoms. The maximum Gasteiger partial charge on any atom is 0.263 e. The van der Waals surface area contributed by atoms with Crippen molar-refractivity contribution >= 4 is 29.1 Å². The van der Waals surface area contributed by atoms with Gasteiger partial charge in [-0.05, 0) is 24.4 Å². The summed E-state index contributed by atoms with van der Waals surface area (Å²) in [7, 11) is 0. The van der Waals surface area contributed by atoms with Crippen molar-refractivity contribution in [1.29, 1.82) is 0 Å². The molecule has 0 aliphatic carbocycles. The molecule has 1 heterocycles.